The number of carbonyl (C=O) groups excluding carboxylic acids is 1. The van der Waals surface area contributed by atoms with E-state index in [1.54, 1.807) is 6.07 Å². The lowest BCUT2D eigenvalue weighted by molar-refractivity contribution is 0.0934. The van der Waals surface area contributed by atoms with Crippen LogP contribution in [-0.2, 0) is 0 Å². The van der Waals surface area contributed by atoms with Gasteiger partial charge < -0.3 is 15.5 Å². The number of nitrogens with one attached hydrogen (secondary N) is 2. The van der Waals surface area contributed by atoms with Gasteiger partial charge in [0.1, 0.15) is 5.82 Å². The average molecular weight is 278 g/mol. The molecule has 1 aromatic heterocycles. The molecule has 5 heteroatoms. The number of pyridine rings is 1. The van der Waals surface area contributed by atoms with Crippen LogP contribution in [0.5, 0.6) is 0 Å². The number of nitrogens with zero attached hydrogens (tertiary/aromatic N) is 2. The van der Waals surface area contributed by atoms with Crippen LogP contribution in [0.4, 0.5) is 5.82 Å². The Morgan fingerprint density at radius 3 is 2.45 bits per heavy atom. The lowest BCUT2D eigenvalue weighted by atomic mass is 10.1. The molecular weight excluding hydrogens is 252 g/mol. The summed E-state index contributed by atoms with van der Waals surface area (Å²) in [6.07, 6.45) is 0. The zero-order valence-corrected chi connectivity index (χ0v) is 13.3. The number of hydrogen-bond donors (Lipinski definition) is 2. The van der Waals surface area contributed by atoms with Gasteiger partial charge in [0.2, 0.25) is 0 Å². The minimum absolute atomic E-state index is 0.0554. The molecule has 0 bridgehead atoms. The maximum absolute atomic E-state index is 12.3. The van der Waals surface area contributed by atoms with Crippen molar-refractivity contribution < 1.29 is 4.79 Å². The summed E-state index contributed by atoms with van der Waals surface area (Å²) in [4.78, 5) is 18.8. The number of aromatic nitrogens is 1. The van der Waals surface area contributed by atoms with Crippen molar-refractivity contribution in [1.29, 1.82) is 0 Å². The number of amides is 1. The van der Waals surface area contributed by atoms with Gasteiger partial charge in [0, 0.05) is 30.9 Å². The summed E-state index contributed by atoms with van der Waals surface area (Å²) in [6.45, 7) is 6.95. The van der Waals surface area contributed by atoms with Gasteiger partial charge in [-0.2, -0.15) is 0 Å². The molecule has 1 atom stereocenters. The third kappa shape index (κ3) is 4.81. The molecule has 0 aromatic carbocycles. The normalized spacial score (nSPS) is 12.6. The van der Waals surface area contributed by atoms with E-state index in [-0.39, 0.29) is 17.9 Å². The summed E-state index contributed by atoms with van der Waals surface area (Å²) >= 11 is 0. The zero-order valence-electron chi connectivity index (χ0n) is 13.3. The number of hydrogen-bond acceptors (Lipinski definition) is 4. The first-order chi connectivity index (χ1) is 9.33. The fourth-order valence-electron chi connectivity index (χ4n) is 2.01. The van der Waals surface area contributed by atoms with Crippen LogP contribution in [0.15, 0.2) is 12.1 Å². The van der Waals surface area contributed by atoms with Crippen LogP contribution in [0.25, 0.3) is 0 Å². The summed E-state index contributed by atoms with van der Waals surface area (Å²) in [5.74, 6) is 0.954. The molecule has 2 N–H and O–H groups in total. The smallest absolute Gasteiger partial charge is 0.251 e. The maximum Gasteiger partial charge on any atom is 0.251 e. The topological polar surface area (TPSA) is 57.3 Å². The Kier molecular flexibility index (Phi) is 5.95. The number of anilines is 1. The lowest BCUT2D eigenvalue weighted by Crippen LogP contribution is -2.39. The second kappa shape index (κ2) is 7.24. The molecule has 1 unspecified atom stereocenters. The quantitative estimate of drug-likeness (QED) is 0.835. The molecule has 1 amide bonds. The van der Waals surface area contributed by atoms with Crippen molar-refractivity contribution in [2.24, 2.45) is 0 Å². The highest BCUT2D eigenvalue weighted by molar-refractivity contribution is 5.95. The van der Waals surface area contributed by atoms with Gasteiger partial charge >= 0.3 is 0 Å². The molecule has 0 spiro atoms. The molecule has 20 heavy (non-hydrogen) atoms. The van der Waals surface area contributed by atoms with E-state index < -0.39 is 0 Å². The number of likely N-dealkylation sites (N-methyl/N-ethyl adjacent to an activating group) is 1. The van der Waals surface area contributed by atoms with Gasteiger partial charge in [-0.3, -0.25) is 4.79 Å². The summed E-state index contributed by atoms with van der Waals surface area (Å²) in [5, 5.41) is 6.01. The van der Waals surface area contributed by atoms with Gasteiger partial charge in [0.25, 0.3) is 5.91 Å². The number of rotatable bonds is 6. The number of carbonyl (C=O) groups is 1. The standard InChI is InChI=1S/C15H26N4O/c1-10(2)13-7-12(8-14(16-4)18-13)15(20)17-11(3)9-19(5)6/h7-8,10-11H,9H2,1-6H3,(H,16,18)(H,17,20). The van der Waals surface area contributed by atoms with Gasteiger partial charge in [-0.25, -0.2) is 4.98 Å². The first kappa shape index (κ1) is 16.4. The van der Waals surface area contributed by atoms with Crippen molar-refractivity contribution in [3.63, 3.8) is 0 Å². The molecular formula is C15H26N4O. The molecule has 5 nitrogen and oxygen atoms in total. The third-order valence-electron chi connectivity index (χ3n) is 2.97. The van der Waals surface area contributed by atoms with E-state index in [0.29, 0.717) is 5.56 Å². The molecule has 1 rings (SSSR count). The van der Waals surface area contributed by atoms with E-state index in [0.717, 1.165) is 18.1 Å². The summed E-state index contributed by atoms with van der Waals surface area (Å²) in [7, 11) is 5.79. The van der Waals surface area contributed by atoms with Gasteiger partial charge in [-0.1, -0.05) is 13.8 Å². The van der Waals surface area contributed by atoms with E-state index in [1.165, 1.54) is 0 Å². The van der Waals surface area contributed by atoms with Crippen molar-refractivity contribution in [2.75, 3.05) is 33.0 Å². The van der Waals surface area contributed by atoms with Crippen LogP contribution in [0, 0.1) is 0 Å². The highest BCUT2D eigenvalue weighted by Crippen LogP contribution is 2.17. The molecule has 112 valence electrons. The van der Waals surface area contributed by atoms with Gasteiger partial charge in [0.15, 0.2) is 0 Å². The van der Waals surface area contributed by atoms with Gasteiger partial charge in [-0.15, -0.1) is 0 Å². The molecule has 0 fully saturated rings. The van der Waals surface area contributed by atoms with Crippen molar-refractivity contribution in [3.05, 3.63) is 23.4 Å². The first-order valence-corrected chi connectivity index (χ1v) is 6.98. The highest BCUT2D eigenvalue weighted by Gasteiger charge is 2.14. The fraction of sp³-hybridized carbons (Fsp3) is 0.600. The second-order valence-corrected chi connectivity index (χ2v) is 5.71. The van der Waals surface area contributed by atoms with E-state index in [4.69, 9.17) is 0 Å². The first-order valence-electron chi connectivity index (χ1n) is 6.98. The minimum Gasteiger partial charge on any atom is -0.373 e. The summed E-state index contributed by atoms with van der Waals surface area (Å²) in [5.41, 5.74) is 1.57. The highest BCUT2D eigenvalue weighted by atomic mass is 16.1. The van der Waals surface area contributed by atoms with Crippen LogP contribution >= 0.6 is 0 Å². The molecule has 0 saturated carbocycles. The van der Waals surface area contributed by atoms with E-state index in [1.807, 2.05) is 34.1 Å². The third-order valence-corrected chi connectivity index (χ3v) is 2.97. The molecule has 0 aliphatic carbocycles. The Hall–Kier alpha value is -1.62. The summed E-state index contributed by atoms with van der Waals surface area (Å²) < 4.78 is 0. The predicted molar refractivity (Wildman–Crippen MR) is 83.4 cm³/mol. The van der Waals surface area contributed by atoms with Crippen molar-refractivity contribution in [1.82, 2.24) is 15.2 Å². The van der Waals surface area contributed by atoms with E-state index in [2.05, 4.69) is 34.4 Å². The van der Waals surface area contributed by atoms with E-state index in [9.17, 15) is 4.79 Å². The maximum atomic E-state index is 12.3. The van der Waals surface area contributed by atoms with Crippen molar-refractivity contribution in [2.45, 2.75) is 32.7 Å². The Balaban J connectivity index is 2.89. The fourth-order valence-corrected chi connectivity index (χ4v) is 2.01. The van der Waals surface area contributed by atoms with Crippen LogP contribution in [-0.4, -0.2) is 49.5 Å². The van der Waals surface area contributed by atoms with Crippen LogP contribution in [0.1, 0.15) is 42.7 Å². The van der Waals surface area contributed by atoms with E-state index >= 15 is 0 Å². The van der Waals surface area contributed by atoms with Crippen LogP contribution in [0.3, 0.4) is 0 Å². The van der Waals surface area contributed by atoms with Gasteiger partial charge in [-0.05, 0) is 39.1 Å². The van der Waals surface area contributed by atoms with Crippen LogP contribution in [0.2, 0.25) is 0 Å². The molecule has 0 aliphatic rings. The molecule has 1 heterocycles. The summed E-state index contributed by atoms with van der Waals surface area (Å²) in [6, 6.07) is 3.75. The molecule has 0 aliphatic heterocycles. The minimum atomic E-state index is -0.0554. The van der Waals surface area contributed by atoms with Crippen molar-refractivity contribution in [3.8, 4) is 0 Å². The Bertz CT molecular complexity index is 457. The molecule has 0 saturated heterocycles. The Labute approximate surface area is 121 Å². The van der Waals surface area contributed by atoms with Crippen LogP contribution < -0.4 is 10.6 Å². The Morgan fingerprint density at radius 1 is 1.30 bits per heavy atom. The second-order valence-electron chi connectivity index (χ2n) is 5.71. The molecule has 0 radical (unpaired) electrons. The molecule has 1 aromatic rings. The van der Waals surface area contributed by atoms with Crippen molar-refractivity contribution >= 4 is 11.7 Å². The predicted octanol–water partition coefficient (Wildman–Crippen LogP) is 1.93. The average Bonchev–Trinajstić information content (AvgIpc) is 2.36. The lowest BCUT2D eigenvalue weighted by Gasteiger charge is -2.19. The zero-order chi connectivity index (χ0) is 15.3. The monoisotopic (exact) mass is 278 g/mol. The SMILES string of the molecule is CNc1cc(C(=O)NC(C)CN(C)C)cc(C(C)C)n1. The van der Waals surface area contributed by atoms with Gasteiger partial charge in [0.05, 0.1) is 0 Å². The largest absolute Gasteiger partial charge is 0.373 e. The Morgan fingerprint density at radius 2 is 1.95 bits per heavy atom.